The molecule has 0 aliphatic heterocycles. The van der Waals surface area contributed by atoms with E-state index in [4.69, 9.17) is 4.42 Å². The SMILES string of the molecule is O=C(c1ccsc1)c1c(C[N+](=O)[O-])oc2ccccc12. The number of carbonyl (C=O) groups excluding carboxylic acids is 1. The number of fused-ring (bicyclic) bond motifs is 1. The first kappa shape index (κ1) is 12.6. The van der Waals surface area contributed by atoms with Crippen LogP contribution in [0.4, 0.5) is 0 Å². The number of rotatable bonds is 4. The average molecular weight is 287 g/mol. The van der Waals surface area contributed by atoms with Gasteiger partial charge in [0.25, 0.3) is 6.54 Å². The van der Waals surface area contributed by atoms with Crippen LogP contribution in [0.5, 0.6) is 0 Å². The number of ketones is 1. The predicted molar refractivity (Wildman–Crippen MR) is 74.7 cm³/mol. The van der Waals surface area contributed by atoms with E-state index in [-0.39, 0.29) is 17.1 Å². The van der Waals surface area contributed by atoms with E-state index in [1.165, 1.54) is 11.3 Å². The normalized spacial score (nSPS) is 10.8. The number of hydrogen-bond donors (Lipinski definition) is 0. The maximum Gasteiger partial charge on any atom is 0.261 e. The number of hydrogen-bond acceptors (Lipinski definition) is 5. The molecule has 0 unspecified atom stereocenters. The molecule has 0 spiro atoms. The number of nitro groups is 1. The van der Waals surface area contributed by atoms with Gasteiger partial charge in [-0.2, -0.15) is 11.3 Å². The van der Waals surface area contributed by atoms with E-state index in [1.54, 1.807) is 41.1 Å². The third-order valence-corrected chi connectivity index (χ3v) is 3.63. The molecule has 0 fully saturated rings. The molecule has 0 amide bonds. The molecule has 0 bridgehead atoms. The van der Waals surface area contributed by atoms with Gasteiger partial charge in [0.05, 0.1) is 5.56 Å². The molecule has 6 heteroatoms. The van der Waals surface area contributed by atoms with Crippen molar-refractivity contribution in [3.05, 3.63) is 68.1 Å². The molecule has 2 heterocycles. The molecule has 0 saturated carbocycles. The minimum absolute atomic E-state index is 0.104. The van der Waals surface area contributed by atoms with Crippen LogP contribution in [0.15, 0.2) is 45.5 Å². The topological polar surface area (TPSA) is 73.3 Å². The molecule has 2 aromatic heterocycles. The van der Waals surface area contributed by atoms with Crippen LogP contribution in [-0.4, -0.2) is 10.7 Å². The van der Waals surface area contributed by atoms with Crippen molar-refractivity contribution < 1.29 is 14.1 Å². The van der Waals surface area contributed by atoms with Crippen molar-refractivity contribution >= 4 is 28.1 Å². The number of para-hydroxylation sites is 1. The lowest BCUT2D eigenvalue weighted by Crippen LogP contribution is -2.06. The van der Waals surface area contributed by atoms with Gasteiger partial charge in [0.2, 0.25) is 0 Å². The Balaban J connectivity index is 2.20. The monoisotopic (exact) mass is 287 g/mol. The number of nitrogens with zero attached hydrogens (tertiary/aromatic N) is 1. The Morgan fingerprint density at radius 2 is 2.10 bits per heavy atom. The van der Waals surface area contributed by atoms with Gasteiger partial charge in [0.1, 0.15) is 5.58 Å². The Kier molecular flexibility index (Phi) is 3.08. The van der Waals surface area contributed by atoms with Crippen LogP contribution in [-0.2, 0) is 6.54 Å². The average Bonchev–Trinajstić information content (AvgIpc) is 3.04. The van der Waals surface area contributed by atoms with Crippen molar-refractivity contribution in [1.82, 2.24) is 0 Å². The fraction of sp³-hybridized carbons (Fsp3) is 0.0714. The zero-order valence-corrected chi connectivity index (χ0v) is 11.1. The second-order valence-corrected chi connectivity index (χ2v) is 5.01. The van der Waals surface area contributed by atoms with E-state index >= 15 is 0 Å². The molecule has 0 aliphatic rings. The van der Waals surface area contributed by atoms with Gasteiger partial charge in [-0.1, -0.05) is 18.2 Å². The van der Waals surface area contributed by atoms with E-state index in [9.17, 15) is 14.9 Å². The molecule has 5 nitrogen and oxygen atoms in total. The van der Waals surface area contributed by atoms with Crippen molar-refractivity contribution in [3.8, 4) is 0 Å². The summed E-state index contributed by atoms with van der Waals surface area (Å²) in [5.74, 6) is -0.138. The van der Waals surface area contributed by atoms with Crippen molar-refractivity contribution in [2.24, 2.45) is 0 Å². The summed E-state index contributed by atoms with van der Waals surface area (Å²) in [6.07, 6.45) is 0. The van der Waals surface area contributed by atoms with E-state index in [0.29, 0.717) is 16.5 Å². The predicted octanol–water partition coefficient (Wildman–Crippen LogP) is 3.50. The first-order valence-corrected chi connectivity index (χ1v) is 6.80. The molecule has 3 rings (SSSR count). The fourth-order valence-electron chi connectivity index (χ4n) is 2.11. The van der Waals surface area contributed by atoms with E-state index in [1.807, 2.05) is 0 Å². The lowest BCUT2D eigenvalue weighted by Gasteiger charge is -1.98. The standard InChI is InChI=1S/C14H9NO4S/c16-14(9-5-6-20-8-9)13-10-3-1-2-4-11(10)19-12(13)7-15(17)18/h1-6,8H,7H2. The van der Waals surface area contributed by atoms with Crippen LogP contribution < -0.4 is 0 Å². The number of thiophene rings is 1. The molecule has 0 atom stereocenters. The van der Waals surface area contributed by atoms with Crippen LogP contribution in [0.2, 0.25) is 0 Å². The summed E-state index contributed by atoms with van der Waals surface area (Å²) in [7, 11) is 0. The van der Waals surface area contributed by atoms with Gasteiger partial charge in [-0.3, -0.25) is 14.9 Å². The van der Waals surface area contributed by atoms with Crippen LogP contribution in [0, 0.1) is 10.1 Å². The molecule has 0 aliphatic carbocycles. The molecule has 1 aromatic carbocycles. The van der Waals surface area contributed by atoms with Gasteiger partial charge >= 0.3 is 0 Å². The molecular formula is C14H9NO4S. The van der Waals surface area contributed by atoms with E-state index < -0.39 is 11.5 Å². The van der Waals surface area contributed by atoms with Gasteiger partial charge in [-0.15, -0.1) is 0 Å². The van der Waals surface area contributed by atoms with Crippen molar-refractivity contribution in [2.45, 2.75) is 6.54 Å². The molecule has 3 aromatic rings. The molecular weight excluding hydrogens is 278 g/mol. The summed E-state index contributed by atoms with van der Waals surface area (Å²) in [4.78, 5) is 22.8. The van der Waals surface area contributed by atoms with Crippen LogP contribution in [0.1, 0.15) is 21.7 Å². The van der Waals surface area contributed by atoms with Gasteiger partial charge < -0.3 is 4.42 Å². The Hall–Kier alpha value is -2.47. The van der Waals surface area contributed by atoms with Gasteiger partial charge in [-0.25, -0.2) is 0 Å². The third kappa shape index (κ3) is 2.10. The minimum Gasteiger partial charge on any atom is -0.453 e. The summed E-state index contributed by atoms with van der Waals surface area (Å²) in [5, 5.41) is 14.9. The largest absolute Gasteiger partial charge is 0.453 e. The Bertz CT molecular complexity index is 789. The highest BCUT2D eigenvalue weighted by molar-refractivity contribution is 7.08. The molecule has 0 saturated heterocycles. The molecule has 0 radical (unpaired) electrons. The third-order valence-electron chi connectivity index (χ3n) is 2.95. The Morgan fingerprint density at radius 3 is 2.80 bits per heavy atom. The van der Waals surface area contributed by atoms with Gasteiger partial charge in [0.15, 0.2) is 11.5 Å². The number of carbonyl (C=O) groups is 1. The summed E-state index contributed by atoms with van der Waals surface area (Å²) in [5.41, 5.74) is 1.30. The van der Waals surface area contributed by atoms with Crippen LogP contribution >= 0.6 is 11.3 Å². The lowest BCUT2D eigenvalue weighted by atomic mass is 10.0. The molecule has 20 heavy (non-hydrogen) atoms. The number of benzene rings is 1. The van der Waals surface area contributed by atoms with Crippen molar-refractivity contribution in [3.63, 3.8) is 0 Å². The summed E-state index contributed by atoms with van der Waals surface area (Å²) >= 11 is 1.41. The zero-order valence-electron chi connectivity index (χ0n) is 10.2. The minimum atomic E-state index is -0.500. The molecule has 0 N–H and O–H groups in total. The highest BCUT2D eigenvalue weighted by atomic mass is 32.1. The maximum atomic E-state index is 12.5. The fourth-order valence-corrected chi connectivity index (χ4v) is 2.75. The quantitative estimate of drug-likeness (QED) is 0.418. The highest BCUT2D eigenvalue weighted by Crippen LogP contribution is 2.29. The van der Waals surface area contributed by atoms with E-state index in [2.05, 4.69) is 0 Å². The maximum absolute atomic E-state index is 12.5. The lowest BCUT2D eigenvalue weighted by molar-refractivity contribution is -0.499. The molecule has 100 valence electrons. The van der Waals surface area contributed by atoms with Crippen molar-refractivity contribution in [2.75, 3.05) is 0 Å². The first-order chi connectivity index (χ1) is 9.66. The summed E-state index contributed by atoms with van der Waals surface area (Å²) < 4.78 is 5.47. The summed E-state index contributed by atoms with van der Waals surface area (Å²) in [6.45, 7) is -0.500. The number of furan rings is 1. The van der Waals surface area contributed by atoms with Crippen molar-refractivity contribution in [1.29, 1.82) is 0 Å². The van der Waals surface area contributed by atoms with E-state index in [0.717, 1.165) is 0 Å². The second-order valence-electron chi connectivity index (χ2n) is 4.23. The Morgan fingerprint density at radius 1 is 1.30 bits per heavy atom. The Labute approximate surface area is 117 Å². The second kappa shape index (κ2) is 4.90. The van der Waals surface area contributed by atoms with Crippen LogP contribution in [0.25, 0.3) is 11.0 Å². The zero-order chi connectivity index (χ0) is 14.1. The first-order valence-electron chi connectivity index (χ1n) is 5.86. The highest BCUT2D eigenvalue weighted by Gasteiger charge is 2.24. The van der Waals surface area contributed by atoms with Gasteiger partial charge in [0, 0.05) is 21.3 Å². The smallest absolute Gasteiger partial charge is 0.261 e. The van der Waals surface area contributed by atoms with Crippen LogP contribution in [0.3, 0.4) is 0 Å². The van der Waals surface area contributed by atoms with Gasteiger partial charge in [-0.05, 0) is 17.5 Å². The summed E-state index contributed by atoms with van der Waals surface area (Å²) in [6, 6.07) is 8.68.